The molecule has 184 valence electrons. The number of hydrogen-bond donors (Lipinski definition) is 3. The lowest BCUT2D eigenvalue weighted by molar-refractivity contribution is -0.146. The van der Waals surface area contributed by atoms with Crippen LogP contribution in [0.5, 0.6) is 5.75 Å². The molecule has 0 saturated heterocycles. The van der Waals surface area contributed by atoms with Gasteiger partial charge in [-0.15, -0.1) is 0 Å². The van der Waals surface area contributed by atoms with Crippen LogP contribution in [-0.4, -0.2) is 58.3 Å². The maximum Gasteiger partial charge on any atom is 0.323 e. The number of nitrogens with one attached hydrogen (secondary N) is 1. The largest absolute Gasteiger partial charge is 0.491 e. The fourth-order valence-electron chi connectivity index (χ4n) is 4.45. The lowest BCUT2D eigenvalue weighted by Gasteiger charge is -2.25. The van der Waals surface area contributed by atoms with E-state index in [0.717, 1.165) is 17.0 Å². The van der Waals surface area contributed by atoms with E-state index < -0.39 is 12.1 Å². The number of nitrogens with zero attached hydrogens (tertiary/aromatic N) is 1. The van der Waals surface area contributed by atoms with Crippen molar-refractivity contribution in [1.82, 2.24) is 4.90 Å². The van der Waals surface area contributed by atoms with Gasteiger partial charge in [0.25, 0.3) is 0 Å². The summed E-state index contributed by atoms with van der Waals surface area (Å²) < 4.78 is 5.76. The third kappa shape index (κ3) is 7.76. The van der Waals surface area contributed by atoms with Crippen LogP contribution >= 0.6 is 0 Å². The summed E-state index contributed by atoms with van der Waals surface area (Å²) in [6.07, 6.45) is 2.31. The van der Waals surface area contributed by atoms with Crippen LogP contribution in [0.1, 0.15) is 45.1 Å². The van der Waals surface area contributed by atoms with Gasteiger partial charge in [-0.1, -0.05) is 36.4 Å². The Balaban J connectivity index is 1.62. The monoisotopic (exact) mass is 468 g/mol. The summed E-state index contributed by atoms with van der Waals surface area (Å²) in [5, 5.41) is 23.5. The normalized spacial score (nSPS) is 20.4. The Morgan fingerprint density at radius 3 is 2.50 bits per heavy atom. The number of benzene rings is 2. The Labute approximate surface area is 201 Å². The van der Waals surface area contributed by atoms with E-state index >= 15 is 0 Å². The molecule has 7 heteroatoms. The highest BCUT2D eigenvalue weighted by Crippen LogP contribution is 2.28. The third-order valence-electron chi connectivity index (χ3n) is 6.16. The molecule has 0 heterocycles. The molecular formula is C27H36N2O5. The lowest BCUT2D eigenvalue weighted by Crippen LogP contribution is -2.41. The average molecular weight is 469 g/mol. The van der Waals surface area contributed by atoms with Crippen LogP contribution in [0.15, 0.2) is 54.6 Å². The molecule has 1 aliphatic carbocycles. The van der Waals surface area contributed by atoms with Crippen LogP contribution in [0.3, 0.4) is 0 Å². The molecule has 0 unspecified atom stereocenters. The smallest absolute Gasteiger partial charge is 0.323 e. The molecule has 7 nitrogen and oxygen atoms in total. The maximum absolute atomic E-state index is 13.3. The van der Waals surface area contributed by atoms with E-state index in [2.05, 4.69) is 5.32 Å². The van der Waals surface area contributed by atoms with Gasteiger partial charge in [-0.25, -0.2) is 0 Å². The Bertz CT molecular complexity index is 934. The highest BCUT2D eigenvalue weighted by Gasteiger charge is 2.32. The van der Waals surface area contributed by atoms with E-state index in [1.165, 1.54) is 4.90 Å². The zero-order valence-corrected chi connectivity index (χ0v) is 20.0. The van der Waals surface area contributed by atoms with Gasteiger partial charge < -0.3 is 25.2 Å². The number of aliphatic hydroxyl groups is 1. The second-order valence-electron chi connectivity index (χ2n) is 9.25. The summed E-state index contributed by atoms with van der Waals surface area (Å²) in [7, 11) is 0. The van der Waals surface area contributed by atoms with Crippen molar-refractivity contribution in [2.24, 2.45) is 5.92 Å². The molecule has 1 fully saturated rings. The molecule has 0 spiro atoms. The zero-order chi connectivity index (χ0) is 24.5. The molecule has 0 radical (unpaired) electrons. The quantitative estimate of drug-likeness (QED) is 0.457. The van der Waals surface area contributed by atoms with Crippen molar-refractivity contribution in [3.63, 3.8) is 0 Å². The van der Waals surface area contributed by atoms with E-state index in [1.807, 2.05) is 68.4 Å². The number of aliphatic hydroxyl groups excluding tert-OH is 1. The molecule has 1 saturated carbocycles. The third-order valence-corrected chi connectivity index (χ3v) is 6.16. The van der Waals surface area contributed by atoms with Gasteiger partial charge in [0.15, 0.2) is 0 Å². The molecule has 34 heavy (non-hydrogen) atoms. The first-order chi connectivity index (χ1) is 16.3. The predicted octanol–water partition coefficient (Wildman–Crippen LogP) is 3.96. The summed E-state index contributed by atoms with van der Waals surface area (Å²) in [5.41, 5.74) is 1.93. The second kappa shape index (κ2) is 12.4. The van der Waals surface area contributed by atoms with Crippen molar-refractivity contribution < 1.29 is 24.5 Å². The van der Waals surface area contributed by atoms with Gasteiger partial charge in [0.05, 0.1) is 18.2 Å². The highest BCUT2D eigenvalue weighted by atomic mass is 16.5. The number of carbonyl (C=O) groups excluding carboxylic acids is 1. The van der Waals surface area contributed by atoms with E-state index in [4.69, 9.17) is 4.74 Å². The first-order valence-electron chi connectivity index (χ1n) is 12.1. The van der Waals surface area contributed by atoms with Gasteiger partial charge in [0.1, 0.15) is 12.3 Å². The molecule has 3 N–H and O–H groups in total. The fourth-order valence-corrected chi connectivity index (χ4v) is 4.45. The van der Waals surface area contributed by atoms with Crippen LogP contribution in [0.2, 0.25) is 0 Å². The molecule has 2 aromatic rings. The Morgan fingerprint density at radius 1 is 1.06 bits per heavy atom. The van der Waals surface area contributed by atoms with Crippen molar-refractivity contribution >= 4 is 17.6 Å². The number of amides is 1. The number of carbonyl (C=O) groups is 2. The molecule has 0 aliphatic heterocycles. The Morgan fingerprint density at radius 2 is 1.79 bits per heavy atom. The lowest BCUT2D eigenvalue weighted by atomic mass is 9.98. The Kier molecular flexibility index (Phi) is 9.33. The maximum atomic E-state index is 13.3. The first kappa shape index (κ1) is 25.6. The number of aliphatic carboxylic acids is 1. The van der Waals surface area contributed by atoms with Crippen LogP contribution in [0.25, 0.3) is 0 Å². The van der Waals surface area contributed by atoms with Crippen molar-refractivity contribution in [3.05, 3.63) is 60.2 Å². The Hall–Kier alpha value is -3.06. The zero-order valence-electron chi connectivity index (χ0n) is 20.0. The number of hydrogen-bond acceptors (Lipinski definition) is 5. The summed E-state index contributed by atoms with van der Waals surface area (Å²) in [5.74, 6) is -0.692. The molecule has 1 aliphatic rings. The summed E-state index contributed by atoms with van der Waals surface area (Å²) in [6, 6.07) is 17.2. The average Bonchev–Trinajstić information content (AvgIpc) is 2.98. The van der Waals surface area contributed by atoms with Gasteiger partial charge >= 0.3 is 5.97 Å². The number of rotatable bonds is 10. The van der Waals surface area contributed by atoms with E-state index in [-0.39, 0.29) is 30.5 Å². The summed E-state index contributed by atoms with van der Waals surface area (Å²) in [6.45, 7) is 3.99. The summed E-state index contributed by atoms with van der Waals surface area (Å²) >= 11 is 0. The van der Waals surface area contributed by atoms with Gasteiger partial charge in [0, 0.05) is 24.2 Å². The van der Waals surface area contributed by atoms with Gasteiger partial charge in [-0.2, -0.15) is 0 Å². The molecule has 1 amide bonds. The highest BCUT2D eigenvalue weighted by molar-refractivity contribution is 5.83. The van der Waals surface area contributed by atoms with E-state index in [0.29, 0.717) is 38.6 Å². The number of anilines is 1. The molecule has 3 atom stereocenters. The van der Waals surface area contributed by atoms with Gasteiger partial charge in [0.2, 0.25) is 5.91 Å². The van der Waals surface area contributed by atoms with E-state index in [1.54, 1.807) is 0 Å². The van der Waals surface area contributed by atoms with Crippen molar-refractivity contribution in [3.8, 4) is 5.75 Å². The molecule has 0 aromatic heterocycles. The van der Waals surface area contributed by atoms with Gasteiger partial charge in [-0.05, 0) is 63.6 Å². The minimum atomic E-state index is -1.02. The molecular weight excluding hydrogens is 432 g/mol. The van der Waals surface area contributed by atoms with Gasteiger partial charge in [-0.3, -0.25) is 9.59 Å². The number of ether oxygens (including phenoxy) is 1. The predicted molar refractivity (Wildman–Crippen MR) is 132 cm³/mol. The van der Waals surface area contributed by atoms with Crippen molar-refractivity contribution in [2.75, 3.05) is 18.4 Å². The topological polar surface area (TPSA) is 99.1 Å². The first-order valence-corrected chi connectivity index (χ1v) is 12.1. The minimum absolute atomic E-state index is 0.0705. The van der Waals surface area contributed by atoms with Crippen molar-refractivity contribution in [1.29, 1.82) is 0 Å². The van der Waals surface area contributed by atoms with Crippen LogP contribution in [0.4, 0.5) is 5.69 Å². The summed E-state index contributed by atoms with van der Waals surface area (Å²) in [4.78, 5) is 26.1. The molecule has 0 bridgehead atoms. The number of carboxylic acids is 1. The SMILES string of the molecule is CC(C)Oc1cccc(N[C@H]2CC[C@@H](C(=O)N(CCc3ccccc3)CC(=O)O)CC[C@@H]2O)c1. The fraction of sp³-hybridized carbons (Fsp3) is 0.481. The standard InChI is InChI=1S/C27H36N2O5/c1-19(2)34-23-10-6-9-22(17-23)28-24-13-11-21(12-14-25(24)30)27(33)29(18-26(31)32)16-15-20-7-4-3-5-8-20/h3-10,17,19,21,24-25,28,30H,11-16,18H2,1-2H3,(H,31,32)/t21-,24+,25+/m1/s1. The second-order valence-corrected chi connectivity index (χ2v) is 9.25. The van der Waals surface area contributed by atoms with E-state index in [9.17, 15) is 19.8 Å². The van der Waals surface area contributed by atoms with Crippen LogP contribution in [0, 0.1) is 5.92 Å². The van der Waals surface area contributed by atoms with Crippen LogP contribution < -0.4 is 10.1 Å². The van der Waals surface area contributed by atoms with Crippen molar-refractivity contribution in [2.45, 2.75) is 64.2 Å². The molecule has 3 rings (SSSR count). The molecule has 2 aromatic carbocycles. The van der Waals surface area contributed by atoms with Crippen LogP contribution in [-0.2, 0) is 16.0 Å². The number of carboxylic acid groups (broad SMARTS) is 1. The minimum Gasteiger partial charge on any atom is -0.491 e.